The van der Waals surface area contributed by atoms with Gasteiger partial charge >= 0.3 is 0 Å². The monoisotopic (exact) mass is 339 g/mol. The Balaban J connectivity index is 2.34. The van der Waals surface area contributed by atoms with Crippen molar-refractivity contribution >= 4 is 25.6 Å². The second kappa shape index (κ2) is 7.71. The van der Waals surface area contributed by atoms with Crippen LogP contribution < -0.4 is 5.48 Å². The molecule has 1 aromatic carbocycles. The molecular weight excluding hydrogens is 322 g/mol. The molecule has 0 saturated carbocycles. The van der Waals surface area contributed by atoms with Gasteiger partial charge in [-0.05, 0) is 30.7 Å². The van der Waals surface area contributed by atoms with Crippen molar-refractivity contribution < 1.29 is 31.3 Å². The summed E-state index contributed by atoms with van der Waals surface area (Å²) in [6.07, 6.45) is 0.262. The van der Waals surface area contributed by atoms with Crippen LogP contribution in [0.2, 0.25) is 0 Å². The van der Waals surface area contributed by atoms with Gasteiger partial charge in [-0.15, -0.1) is 0 Å². The highest BCUT2D eigenvalue weighted by atomic mass is 32.2. The zero-order valence-electron chi connectivity index (χ0n) is 11.1. The molecule has 8 nitrogen and oxygen atoms in total. The van der Waals surface area contributed by atoms with Crippen LogP contribution in [0.15, 0.2) is 29.2 Å². The normalized spacial score (nSPS) is 12.3. The molecule has 0 aromatic heterocycles. The Morgan fingerprint density at radius 3 is 2.19 bits per heavy atom. The number of aliphatic hydroxyl groups is 1. The van der Waals surface area contributed by atoms with E-state index in [9.17, 15) is 16.8 Å². The second-order valence-corrected chi connectivity index (χ2v) is 7.90. The van der Waals surface area contributed by atoms with E-state index in [-0.39, 0.29) is 29.4 Å². The van der Waals surface area contributed by atoms with E-state index in [0.29, 0.717) is 5.69 Å². The number of hydrogen-bond donors (Lipinski definition) is 3. The van der Waals surface area contributed by atoms with Crippen molar-refractivity contribution in [3.05, 3.63) is 24.3 Å². The Morgan fingerprint density at radius 1 is 1.05 bits per heavy atom. The molecule has 21 heavy (non-hydrogen) atoms. The molecule has 0 atom stereocenters. The highest BCUT2D eigenvalue weighted by Gasteiger charge is 2.10. The van der Waals surface area contributed by atoms with Gasteiger partial charge in [0.2, 0.25) is 0 Å². The molecule has 0 aliphatic heterocycles. The summed E-state index contributed by atoms with van der Waals surface area (Å²) in [5.41, 5.74) is 2.98. The summed E-state index contributed by atoms with van der Waals surface area (Å²) >= 11 is 0. The minimum Gasteiger partial charge on any atom is -0.395 e. The fraction of sp³-hybridized carbons (Fsp3) is 0.455. The minimum absolute atomic E-state index is 0.0864. The first-order valence-electron chi connectivity index (χ1n) is 6.01. The Kier molecular flexibility index (Phi) is 6.55. The van der Waals surface area contributed by atoms with Crippen LogP contribution in [0.3, 0.4) is 0 Å². The van der Waals surface area contributed by atoms with Crippen molar-refractivity contribution in [2.75, 3.05) is 30.2 Å². The van der Waals surface area contributed by atoms with E-state index < -0.39 is 26.6 Å². The molecule has 0 aliphatic carbocycles. The Morgan fingerprint density at radius 2 is 1.67 bits per heavy atom. The number of aliphatic hydroxyl groups excluding tert-OH is 1. The lowest BCUT2D eigenvalue weighted by Crippen LogP contribution is -2.16. The number of nitrogens with one attached hydrogen (secondary N) is 1. The summed E-state index contributed by atoms with van der Waals surface area (Å²) in [5.74, 6) is -0.353. The first kappa shape index (κ1) is 17.9. The highest BCUT2D eigenvalue weighted by molar-refractivity contribution is 7.91. The molecule has 3 N–H and O–H groups in total. The van der Waals surface area contributed by atoms with E-state index in [1.807, 2.05) is 0 Å². The molecule has 0 spiro atoms. The van der Waals surface area contributed by atoms with Gasteiger partial charge in [0.15, 0.2) is 9.84 Å². The molecule has 10 heteroatoms. The maximum Gasteiger partial charge on any atom is 0.294 e. The Hall–Kier alpha value is -1.20. The summed E-state index contributed by atoms with van der Waals surface area (Å²) in [5, 5.41) is 8.55. The van der Waals surface area contributed by atoms with E-state index in [4.69, 9.17) is 14.5 Å². The van der Waals surface area contributed by atoms with Crippen LogP contribution in [0.4, 0.5) is 5.69 Å². The lowest BCUT2D eigenvalue weighted by atomic mass is 10.3. The first-order chi connectivity index (χ1) is 9.74. The number of benzene rings is 1. The van der Waals surface area contributed by atoms with Gasteiger partial charge in [-0.1, -0.05) is 0 Å². The zero-order chi connectivity index (χ0) is 15.9. The van der Waals surface area contributed by atoms with Crippen LogP contribution >= 0.6 is 0 Å². The lowest BCUT2D eigenvalue weighted by molar-refractivity contribution is 0.195. The number of anilines is 1. The summed E-state index contributed by atoms with van der Waals surface area (Å²) in [6.45, 7) is -0.272. The van der Waals surface area contributed by atoms with Crippen LogP contribution in [-0.4, -0.2) is 51.2 Å². The van der Waals surface area contributed by atoms with Crippen LogP contribution in [0, 0.1) is 0 Å². The maximum absolute atomic E-state index is 11.3. The molecule has 0 fully saturated rings. The van der Waals surface area contributed by atoms with Gasteiger partial charge in [-0.3, -0.25) is 14.9 Å². The van der Waals surface area contributed by atoms with Gasteiger partial charge in [0, 0.05) is 0 Å². The van der Waals surface area contributed by atoms with E-state index in [0.717, 1.165) is 0 Å². The van der Waals surface area contributed by atoms with Crippen molar-refractivity contribution in [2.24, 2.45) is 0 Å². The topological polar surface area (TPSA) is 130 Å². The molecule has 0 unspecified atom stereocenters. The molecule has 0 saturated heterocycles. The van der Waals surface area contributed by atoms with Crippen molar-refractivity contribution in [3.8, 4) is 0 Å². The average molecular weight is 339 g/mol. The van der Waals surface area contributed by atoms with Crippen molar-refractivity contribution in [2.45, 2.75) is 11.3 Å². The lowest BCUT2D eigenvalue weighted by Gasteiger charge is -2.07. The quantitative estimate of drug-likeness (QED) is 0.327. The third-order valence-corrected chi connectivity index (χ3v) is 5.03. The molecule has 0 radical (unpaired) electrons. The summed E-state index contributed by atoms with van der Waals surface area (Å²) < 4.78 is 53.0. The molecule has 0 aliphatic rings. The van der Waals surface area contributed by atoms with Crippen LogP contribution in [0.1, 0.15) is 6.42 Å². The summed E-state index contributed by atoms with van der Waals surface area (Å²) in [6, 6.07) is 5.19. The molecule has 0 heterocycles. The molecule has 120 valence electrons. The first-order valence-corrected chi connectivity index (χ1v) is 9.27. The second-order valence-electron chi connectivity index (χ2n) is 4.18. The minimum atomic E-state index is -4.23. The largest absolute Gasteiger partial charge is 0.395 e. The molecule has 1 aromatic rings. The van der Waals surface area contributed by atoms with E-state index in [1.54, 1.807) is 0 Å². The van der Waals surface area contributed by atoms with Gasteiger partial charge in [-0.2, -0.15) is 8.42 Å². The smallest absolute Gasteiger partial charge is 0.294 e. The van der Waals surface area contributed by atoms with Gasteiger partial charge in [-0.25, -0.2) is 8.42 Å². The molecule has 0 amide bonds. The fourth-order valence-corrected chi connectivity index (χ4v) is 2.94. The highest BCUT2D eigenvalue weighted by Crippen LogP contribution is 2.13. The number of rotatable bonds is 9. The van der Waals surface area contributed by atoms with E-state index >= 15 is 0 Å². The third kappa shape index (κ3) is 6.87. The predicted octanol–water partition coefficient (Wildman–Crippen LogP) is 0.0740. The number of sulfone groups is 1. The van der Waals surface area contributed by atoms with Crippen molar-refractivity contribution in [1.29, 1.82) is 0 Å². The van der Waals surface area contributed by atoms with Crippen LogP contribution in [-0.2, 0) is 24.8 Å². The average Bonchev–Trinajstić information content (AvgIpc) is 2.37. The molecule has 1 rings (SSSR count). The van der Waals surface area contributed by atoms with Crippen molar-refractivity contribution in [1.82, 2.24) is 0 Å². The summed E-state index contributed by atoms with van der Waals surface area (Å²) in [4.78, 5) is 4.80. The van der Waals surface area contributed by atoms with Gasteiger partial charge in [0.05, 0.1) is 35.3 Å². The Labute approximate surface area is 123 Å². The standard InChI is InChI=1S/C11H17NO7S2/c13-6-9-20(14,15)8-1-7-19-12-10-2-4-11(5-3-10)21(16,17)18/h2-5,12-13H,1,6-9H2,(H,16,17,18). The molecule has 0 bridgehead atoms. The van der Waals surface area contributed by atoms with E-state index in [1.165, 1.54) is 24.3 Å². The summed E-state index contributed by atoms with van der Waals surface area (Å²) in [7, 11) is -7.48. The van der Waals surface area contributed by atoms with Gasteiger partial charge in [0.1, 0.15) is 0 Å². The van der Waals surface area contributed by atoms with Gasteiger partial charge in [0.25, 0.3) is 10.1 Å². The predicted molar refractivity (Wildman–Crippen MR) is 76.2 cm³/mol. The maximum atomic E-state index is 11.3. The third-order valence-electron chi connectivity index (χ3n) is 2.45. The van der Waals surface area contributed by atoms with Crippen molar-refractivity contribution in [3.63, 3.8) is 0 Å². The fourth-order valence-electron chi connectivity index (χ4n) is 1.42. The zero-order valence-corrected chi connectivity index (χ0v) is 12.7. The van der Waals surface area contributed by atoms with E-state index in [2.05, 4.69) is 5.48 Å². The molecular formula is C11H17NO7S2. The van der Waals surface area contributed by atoms with Gasteiger partial charge < -0.3 is 5.11 Å². The number of hydrogen-bond acceptors (Lipinski definition) is 7. The van der Waals surface area contributed by atoms with Crippen LogP contribution in [0.5, 0.6) is 0 Å². The van der Waals surface area contributed by atoms with Crippen LogP contribution in [0.25, 0.3) is 0 Å². The SMILES string of the molecule is O=S(=O)(CCO)CCCONc1ccc(S(=O)(=O)O)cc1. The Bertz CT molecular complexity index is 638.